The third-order valence-corrected chi connectivity index (χ3v) is 4.26. The Labute approximate surface area is 92.0 Å². The maximum atomic E-state index is 11.9. The Morgan fingerprint density at radius 1 is 1.47 bits per heavy atom. The highest BCUT2D eigenvalue weighted by Crippen LogP contribution is 2.44. The van der Waals surface area contributed by atoms with Gasteiger partial charge in [-0.05, 0) is 37.5 Å². The topological polar surface area (TPSA) is 46.3 Å². The summed E-state index contributed by atoms with van der Waals surface area (Å²) < 4.78 is 0. The van der Waals surface area contributed by atoms with Gasteiger partial charge in [0.1, 0.15) is 0 Å². The van der Waals surface area contributed by atoms with Gasteiger partial charge < -0.3 is 10.6 Å². The maximum Gasteiger partial charge on any atom is 0.239 e. The second-order valence-electron chi connectivity index (χ2n) is 5.22. The zero-order valence-electron chi connectivity index (χ0n) is 9.67. The molecule has 1 saturated carbocycles. The number of likely N-dealkylation sites (tertiary alicyclic amines) is 1. The van der Waals surface area contributed by atoms with Gasteiger partial charge in [-0.25, -0.2) is 0 Å². The number of nitrogens with zero attached hydrogens (tertiary/aromatic N) is 1. The zero-order chi connectivity index (χ0) is 10.9. The van der Waals surface area contributed by atoms with Gasteiger partial charge in [0.15, 0.2) is 0 Å². The Morgan fingerprint density at radius 3 is 2.73 bits per heavy atom. The van der Waals surface area contributed by atoms with Crippen LogP contribution in [0.1, 0.15) is 45.4 Å². The summed E-state index contributed by atoms with van der Waals surface area (Å²) in [5, 5.41) is 0. The first-order valence-corrected chi connectivity index (χ1v) is 6.21. The number of nitrogens with two attached hydrogens (primary N) is 1. The van der Waals surface area contributed by atoms with Crippen molar-refractivity contribution in [1.29, 1.82) is 0 Å². The predicted molar refractivity (Wildman–Crippen MR) is 60.4 cm³/mol. The monoisotopic (exact) mass is 210 g/mol. The molecule has 3 heteroatoms. The summed E-state index contributed by atoms with van der Waals surface area (Å²) in [4.78, 5) is 13.9. The highest BCUT2D eigenvalue weighted by atomic mass is 16.2. The second-order valence-corrected chi connectivity index (χ2v) is 5.22. The molecule has 1 atom stereocenters. The Hall–Kier alpha value is -0.570. The van der Waals surface area contributed by atoms with Gasteiger partial charge in [0.25, 0.3) is 0 Å². The largest absolute Gasteiger partial charge is 0.341 e. The van der Waals surface area contributed by atoms with Gasteiger partial charge in [-0.3, -0.25) is 4.79 Å². The molecule has 0 spiro atoms. The van der Waals surface area contributed by atoms with Crippen LogP contribution in [0.5, 0.6) is 0 Å². The minimum absolute atomic E-state index is 0.181. The molecule has 3 nitrogen and oxygen atoms in total. The van der Waals surface area contributed by atoms with E-state index in [1.165, 1.54) is 25.7 Å². The molecule has 2 fully saturated rings. The van der Waals surface area contributed by atoms with Crippen LogP contribution in [0.3, 0.4) is 0 Å². The lowest BCUT2D eigenvalue weighted by Gasteiger charge is -2.46. The van der Waals surface area contributed by atoms with Crippen molar-refractivity contribution in [2.75, 3.05) is 13.1 Å². The zero-order valence-corrected chi connectivity index (χ0v) is 9.67. The van der Waals surface area contributed by atoms with Crippen LogP contribution in [0.25, 0.3) is 0 Å². The maximum absolute atomic E-state index is 11.9. The van der Waals surface area contributed by atoms with E-state index in [2.05, 4.69) is 6.92 Å². The lowest BCUT2D eigenvalue weighted by molar-refractivity contribution is -0.137. The fourth-order valence-corrected chi connectivity index (χ4v) is 2.83. The molecule has 1 aliphatic carbocycles. The number of hydrogen-bond donors (Lipinski definition) is 1. The Kier molecular flexibility index (Phi) is 3.01. The molecule has 86 valence electrons. The van der Waals surface area contributed by atoms with E-state index < -0.39 is 0 Å². The third kappa shape index (κ3) is 2.03. The molecule has 1 aliphatic heterocycles. The van der Waals surface area contributed by atoms with Crippen molar-refractivity contribution >= 4 is 5.91 Å². The molecule has 2 aliphatic rings. The minimum atomic E-state index is -0.229. The van der Waals surface area contributed by atoms with Crippen LogP contribution in [0.15, 0.2) is 0 Å². The van der Waals surface area contributed by atoms with Gasteiger partial charge in [-0.2, -0.15) is 0 Å². The molecular weight excluding hydrogens is 188 g/mol. The fourth-order valence-electron chi connectivity index (χ4n) is 2.83. The summed E-state index contributed by atoms with van der Waals surface area (Å²) in [5.41, 5.74) is 6.23. The smallest absolute Gasteiger partial charge is 0.239 e. The molecule has 1 amide bonds. The number of hydrogen-bond acceptors (Lipinski definition) is 2. The lowest BCUT2D eigenvalue weighted by Crippen LogP contribution is -2.53. The van der Waals surface area contributed by atoms with Crippen molar-refractivity contribution in [3.63, 3.8) is 0 Å². The number of carbonyl (C=O) groups is 1. The van der Waals surface area contributed by atoms with Crippen LogP contribution in [0, 0.1) is 5.41 Å². The van der Waals surface area contributed by atoms with Crippen LogP contribution < -0.4 is 5.73 Å². The molecule has 0 radical (unpaired) electrons. The molecule has 1 saturated heterocycles. The summed E-state index contributed by atoms with van der Waals surface area (Å²) in [6.45, 7) is 4.12. The van der Waals surface area contributed by atoms with E-state index in [1.54, 1.807) is 0 Å². The molecule has 0 bridgehead atoms. The Bertz CT molecular complexity index is 242. The minimum Gasteiger partial charge on any atom is -0.341 e. The summed E-state index contributed by atoms with van der Waals surface area (Å²) in [5.74, 6) is 0.181. The van der Waals surface area contributed by atoms with Crippen molar-refractivity contribution < 1.29 is 4.79 Å². The summed E-state index contributed by atoms with van der Waals surface area (Å²) in [6.07, 6.45) is 7.07. The lowest BCUT2D eigenvalue weighted by atomic mass is 9.66. The van der Waals surface area contributed by atoms with E-state index in [0.717, 1.165) is 25.9 Å². The molecule has 2 N–H and O–H groups in total. The molecule has 2 rings (SSSR count). The average molecular weight is 210 g/mol. The van der Waals surface area contributed by atoms with Gasteiger partial charge in [0.05, 0.1) is 6.04 Å². The summed E-state index contributed by atoms with van der Waals surface area (Å²) >= 11 is 0. The van der Waals surface area contributed by atoms with Gasteiger partial charge >= 0.3 is 0 Å². The van der Waals surface area contributed by atoms with E-state index >= 15 is 0 Å². The normalized spacial score (nSPS) is 30.1. The van der Waals surface area contributed by atoms with Crippen LogP contribution in [-0.4, -0.2) is 29.9 Å². The van der Waals surface area contributed by atoms with Crippen molar-refractivity contribution in [3.05, 3.63) is 0 Å². The van der Waals surface area contributed by atoms with Crippen LogP contribution in [0.4, 0.5) is 0 Å². The van der Waals surface area contributed by atoms with Crippen LogP contribution >= 0.6 is 0 Å². The fraction of sp³-hybridized carbons (Fsp3) is 0.917. The summed E-state index contributed by atoms with van der Waals surface area (Å²) in [6, 6.07) is -0.229. The number of piperidine rings is 1. The molecule has 0 aromatic heterocycles. The molecule has 1 heterocycles. The van der Waals surface area contributed by atoms with Crippen molar-refractivity contribution in [2.45, 2.75) is 51.5 Å². The van der Waals surface area contributed by atoms with E-state index in [4.69, 9.17) is 5.73 Å². The van der Waals surface area contributed by atoms with Gasteiger partial charge in [0, 0.05) is 13.1 Å². The highest BCUT2D eigenvalue weighted by molar-refractivity contribution is 5.82. The quantitative estimate of drug-likeness (QED) is 0.767. The predicted octanol–water partition coefficient (Wildman–Crippen LogP) is 1.52. The molecule has 0 aromatic carbocycles. The number of amides is 1. The van der Waals surface area contributed by atoms with E-state index in [9.17, 15) is 4.79 Å². The summed E-state index contributed by atoms with van der Waals surface area (Å²) in [7, 11) is 0. The first-order chi connectivity index (χ1) is 7.17. The highest BCUT2D eigenvalue weighted by Gasteiger charge is 2.39. The van der Waals surface area contributed by atoms with Gasteiger partial charge in [-0.1, -0.05) is 13.3 Å². The second kappa shape index (κ2) is 4.12. The first-order valence-electron chi connectivity index (χ1n) is 6.21. The van der Waals surface area contributed by atoms with Crippen molar-refractivity contribution in [3.8, 4) is 0 Å². The molecular formula is C12H22N2O. The molecule has 0 aromatic rings. The van der Waals surface area contributed by atoms with E-state index in [1.807, 2.05) is 4.90 Å². The van der Waals surface area contributed by atoms with Gasteiger partial charge in [-0.15, -0.1) is 0 Å². The van der Waals surface area contributed by atoms with E-state index in [-0.39, 0.29) is 11.9 Å². The van der Waals surface area contributed by atoms with Gasteiger partial charge in [0.2, 0.25) is 5.91 Å². The van der Waals surface area contributed by atoms with Crippen molar-refractivity contribution in [2.24, 2.45) is 11.1 Å². The number of rotatable bonds is 3. The Morgan fingerprint density at radius 2 is 2.20 bits per heavy atom. The van der Waals surface area contributed by atoms with Crippen LogP contribution in [0.2, 0.25) is 0 Å². The van der Waals surface area contributed by atoms with Crippen molar-refractivity contribution in [1.82, 2.24) is 4.90 Å². The third-order valence-electron chi connectivity index (χ3n) is 4.26. The first kappa shape index (κ1) is 10.9. The SMILES string of the molecule is CCC1(CN2CCCC(N)C2=O)CCC1. The average Bonchev–Trinajstić information content (AvgIpc) is 2.18. The van der Waals surface area contributed by atoms with Crippen LogP contribution in [-0.2, 0) is 4.79 Å². The standard InChI is InChI=1S/C12H22N2O/c1-2-12(6-4-7-12)9-14-8-3-5-10(13)11(14)15/h10H,2-9,13H2,1H3. The Balaban J connectivity index is 1.95. The van der Waals surface area contributed by atoms with E-state index in [0.29, 0.717) is 5.41 Å². The number of carbonyl (C=O) groups excluding carboxylic acids is 1. The molecule has 15 heavy (non-hydrogen) atoms. The molecule has 1 unspecified atom stereocenters.